The van der Waals surface area contributed by atoms with Gasteiger partial charge in [-0.3, -0.25) is 0 Å². The summed E-state index contributed by atoms with van der Waals surface area (Å²) >= 11 is 0. The van der Waals surface area contributed by atoms with Crippen molar-refractivity contribution in [3.63, 3.8) is 0 Å². The molecule has 4 aliphatic carbocycles. The summed E-state index contributed by atoms with van der Waals surface area (Å²) in [5.41, 5.74) is 2.63. The van der Waals surface area contributed by atoms with Crippen LogP contribution in [-0.4, -0.2) is 76.1 Å². The first kappa shape index (κ1) is 52.6. The molecule has 0 heterocycles. The SMILES string of the molecule is CCCCCC=CCC=CCCCCCCCCOCC(CNC(C)CO)OCCOCCOC1CCC2(C)C(=CCC3C2CCC2(C)C(C(C)CCCC(C)C)CCC32)C1. The van der Waals surface area contributed by atoms with E-state index in [9.17, 15) is 5.11 Å². The predicted molar refractivity (Wildman–Crippen MR) is 258 cm³/mol. The number of nitrogens with one attached hydrogen (secondary N) is 1. The Labute approximate surface area is 377 Å². The molecule has 0 aromatic rings. The fourth-order valence-electron chi connectivity index (χ4n) is 12.4. The average Bonchev–Trinajstić information content (AvgIpc) is 3.61. The lowest BCUT2D eigenvalue weighted by Gasteiger charge is -2.58. The standard InChI is InChI=1S/C55H99NO5/c1-8-9-10-11-12-13-14-15-16-17-18-19-20-21-22-23-35-59-43-49(41-56-46(5)42-57)61-39-37-58-36-38-60-48-31-33-54(6)47(40-48)27-28-50-52-30-29-51(45(4)26-24-25-44(2)3)55(52,7)34-32-53(50)54/h12-13,15-16,27,44-46,48-53,56-57H,8-11,14,17-26,28-43H2,1-7H3. The first-order valence-corrected chi connectivity index (χ1v) is 26.3. The highest BCUT2D eigenvalue weighted by Gasteiger charge is 2.59. The molecular formula is C55H99NO5. The van der Waals surface area contributed by atoms with Gasteiger partial charge in [-0.15, -0.1) is 0 Å². The molecule has 354 valence electrons. The van der Waals surface area contributed by atoms with Gasteiger partial charge in [0.25, 0.3) is 0 Å². The summed E-state index contributed by atoms with van der Waals surface area (Å²) < 4.78 is 24.7. The molecule has 6 heteroatoms. The maximum absolute atomic E-state index is 9.51. The molecule has 10 unspecified atom stereocenters. The van der Waals surface area contributed by atoms with Crippen LogP contribution in [0.3, 0.4) is 0 Å². The topological polar surface area (TPSA) is 69.2 Å². The highest BCUT2D eigenvalue weighted by Crippen LogP contribution is 2.67. The number of allylic oxidation sites excluding steroid dienone is 5. The van der Waals surface area contributed by atoms with Gasteiger partial charge in [0.15, 0.2) is 0 Å². The van der Waals surface area contributed by atoms with Gasteiger partial charge in [-0.25, -0.2) is 0 Å². The first-order valence-electron chi connectivity index (χ1n) is 26.3. The lowest BCUT2D eigenvalue weighted by atomic mass is 9.47. The Morgan fingerprint density at radius 3 is 2.25 bits per heavy atom. The molecule has 0 saturated heterocycles. The largest absolute Gasteiger partial charge is 0.395 e. The molecule has 6 nitrogen and oxygen atoms in total. The summed E-state index contributed by atoms with van der Waals surface area (Å²) in [5.74, 6) is 5.30. The van der Waals surface area contributed by atoms with Gasteiger partial charge in [-0.1, -0.05) is 135 Å². The van der Waals surface area contributed by atoms with Crippen molar-refractivity contribution in [2.45, 2.75) is 214 Å². The highest BCUT2D eigenvalue weighted by atomic mass is 16.6. The Hall–Kier alpha value is -1.02. The van der Waals surface area contributed by atoms with Crippen LogP contribution in [0.5, 0.6) is 0 Å². The van der Waals surface area contributed by atoms with E-state index in [0.717, 1.165) is 61.4 Å². The van der Waals surface area contributed by atoms with Crippen molar-refractivity contribution in [3.8, 4) is 0 Å². The van der Waals surface area contributed by atoms with Gasteiger partial charge in [0.1, 0.15) is 0 Å². The number of fused-ring (bicyclic) bond motifs is 5. The third kappa shape index (κ3) is 17.7. The van der Waals surface area contributed by atoms with Crippen LogP contribution >= 0.6 is 0 Å². The number of ether oxygens (including phenoxy) is 4. The molecule has 0 bridgehead atoms. The van der Waals surface area contributed by atoms with E-state index in [0.29, 0.717) is 56.5 Å². The summed E-state index contributed by atoms with van der Waals surface area (Å²) in [4.78, 5) is 0. The van der Waals surface area contributed by atoms with Crippen molar-refractivity contribution >= 4 is 0 Å². The van der Waals surface area contributed by atoms with Crippen LogP contribution in [-0.2, 0) is 18.9 Å². The minimum Gasteiger partial charge on any atom is -0.395 e. The molecule has 0 amide bonds. The zero-order chi connectivity index (χ0) is 43.8. The maximum atomic E-state index is 9.51. The number of rotatable bonds is 34. The van der Waals surface area contributed by atoms with E-state index in [1.165, 1.54) is 128 Å². The van der Waals surface area contributed by atoms with Gasteiger partial charge in [0.05, 0.1) is 51.8 Å². The van der Waals surface area contributed by atoms with Gasteiger partial charge in [0, 0.05) is 19.2 Å². The number of hydrogen-bond donors (Lipinski definition) is 2. The van der Waals surface area contributed by atoms with E-state index in [2.05, 4.69) is 77.2 Å². The fraction of sp³-hybridized carbons (Fsp3) is 0.891. The van der Waals surface area contributed by atoms with Crippen LogP contribution in [0.1, 0.15) is 196 Å². The smallest absolute Gasteiger partial charge is 0.0933 e. The number of unbranched alkanes of at least 4 members (excludes halogenated alkanes) is 9. The van der Waals surface area contributed by atoms with E-state index < -0.39 is 0 Å². The molecule has 0 spiro atoms. The van der Waals surface area contributed by atoms with E-state index in [-0.39, 0.29) is 18.8 Å². The Morgan fingerprint density at radius 1 is 0.754 bits per heavy atom. The lowest BCUT2D eigenvalue weighted by molar-refractivity contribution is -0.0716. The Bertz CT molecular complexity index is 1230. The summed E-state index contributed by atoms with van der Waals surface area (Å²) in [6.45, 7) is 21.4. The second-order valence-corrected chi connectivity index (χ2v) is 21.3. The molecule has 61 heavy (non-hydrogen) atoms. The minimum atomic E-state index is -0.0607. The molecule has 4 rings (SSSR count). The summed E-state index contributed by atoms with van der Waals surface area (Å²) in [5, 5.41) is 12.9. The van der Waals surface area contributed by atoms with Crippen LogP contribution in [0.25, 0.3) is 0 Å². The van der Waals surface area contributed by atoms with Gasteiger partial charge < -0.3 is 29.4 Å². The van der Waals surface area contributed by atoms with Crippen LogP contribution in [0.2, 0.25) is 0 Å². The summed E-state index contributed by atoms with van der Waals surface area (Å²) in [6.07, 6.45) is 42.2. The van der Waals surface area contributed by atoms with Crippen LogP contribution in [0.4, 0.5) is 0 Å². The van der Waals surface area contributed by atoms with Crippen LogP contribution in [0, 0.1) is 46.3 Å². The zero-order valence-electron chi connectivity index (χ0n) is 41.1. The third-order valence-corrected chi connectivity index (χ3v) is 16.2. The Kier molecular flexibility index (Phi) is 25.4. The van der Waals surface area contributed by atoms with Crippen LogP contribution < -0.4 is 5.32 Å². The molecule has 3 saturated carbocycles. The first-order chi connectivity index (χ1) is 29.6. The Balaban J connectivity index is 1.05. The Morgan fingerprint density at radius 2 is 1.49 bits per heavy atom. The molecule has 10 atom stereocenters. The second-order valence-electron chi connectivity index (χ2n) is 21.3. The van der Waals surface area contributed by atoms with E-state index in [1.807, 2.05) is 6.92 Å². The molecule has 0 aromatic heterocycles. The predicted octanol–water partition coefficient (Wildman–Crippen LogP) is 13.6. The average molecular weight is 854 g/mol. The molecule has 2 N–H and O–H groups in total. The quantitative estimate of drug-likeness (QED) is 0.0496. The van der Waals surface area contributed by atoms with Crippen molar-refractivity contribution in [1.29, 1.82) is 0 Å². The molecule has 4 aliphatic rings. The maximum Gasteiger partial charge on any atom is 0.0933 e. The zero-order valence-corrected chi connectivity index (χ0v) is 41.1. The molecule has 0 aliphatic heterocycles. The van der Waals surface area contributed by atoms with Crippen molar-refractivity contribution in [2.75, 3.05) is 52.8 Å². The molecular weight excluding hydrogens is 755 g/mol. The molecule has 0 aromatic carbocycles. The third-order valence-electron chi connectivity index (χ3n) is 16.2. The van der Waals surface area contributed by atoms with Crippen molar-refractivity contribution in [2.24, 2.45) is 46.3 Å². The van der Waals surface area contributed by atoms with E-state index in [1.54, 1.807) is 5.57 Å². The van der Waals surface area contributed by atoms with Gasteiger partial charge in [0.2, 0.25) is 0 Å². The molecule has 3 fully saturated rings. The lowest BCUT2D eigenvalue weighted by Crippen LogP contribution is -2.51. The van der Waals surface area contributed by atoms with E-state index in [4.69, 9.17) is 18.9 Å². The summed E-state index contributed by atoms with van der Waals surface area (Å²) in [7, 11) is 0. The summed E-state index contributed by atoms with van der Waals surface area (Å²) in [6, 6.07) is 0.0344. The van der Waals surface area contributed by atoms with Crippen LogP contribution in [0.15, 0.2) is 36.0 Å². The van der Waals surface area contributed by atoms with Crippen molar-refractivity contribution in [1.82, 2.24) is 5.32 Å². The van der Waals surface area contributed by atoms with Gasteiger partial charge >= 0.3 is 0 Å². The fourth-order valence-corrected chi connectivity index (χ4v) is 12.4. The van der Waals surface area contributed by atoms with Gasteiger partial charge in [-0.05, 0) is 143 Å². The number of aliphatic hydroxyl groups is 1. The second kappa shape index (κ2) is 29.5. The highest BCUT2D eigenvalue weighted by molar-refractivity contribution is 5.25. The number of aliphatic hydroxyl groups excluding tert-OH is 1. The monoisotopic (exact) mass is 854 g/mol. The van der Waals surface area contributed by atoms with Crippen molar-refractivity contribution < 1.29 is 24.1 Å². The number of hydrogen-bond acceptors (Lipinski definition) is 6. The minimum absolute atomic E-state index is 0.0344. The van der Waals surface area contributed by atoms with Crippen molar-refractivity contribution in [3.05, 3.63) is 36.0 Å². The van der Waals surface area contributed by atoms with Gasteiger partial charge in [-0.2, -0.15) is 0 Å². The van der Waals surface area contributed by atoms with E-state index >= 15 is 0 Å². The normalized spacial score (nSPS) is 29.2. The molecule has 0 radical (unpaired) electrons.